The largest absolute Gasteiger partial charge is 0.495 e. The fourth-order valence-corrected chi connectivity index (χ4v) is 3.07. The molecule has 0 spiro atoms. The first-order valence-corrected chi connectivity index (χ1v) is 9.96. The Morgan fingerprint density at radius 3 is 2.26 bits per heavy atom. The summed E-state index contributed by atoms with van der Waals surface area (Å²) in [5, 5.41) is 5.71. The number of methoxy groups -OCH3 is 1. The summed E-state index contributed by atoms with van der Waals surface area (Å²) in [6.07, 6.45) is -0.736. The Bertz CT molecular complexity index is 1080. The Balaban J connectivity index is 1.60. The number of amides is 2. The molecule has 0 aliphatic rings. The molecule has 0 fully saturated rings. The lowest BCUT2D eigenvalue weighted by Gasteiger charge is -2.16. The molecule has 0 aliphatic carbocycles. The first-order chi connectivity index (χ1) is 14.9. The molecule has 6 nitrogen and oxygen atoms in total. The molecule has 3 aromatic carbocycles. The summed E-state index contributed by atoms with van der Waals surface area (Å²) >= 11 is 0. The number of para-hydroxylation sites is 2. The maximum atomic E-state index is 12.5. The number of hydrogen-bond acceptors (Lipinski definition) is 4. The number of carbonyl (C=O) groups is 2. The maximum absolute atomic E-state index is 12.5. The van der Waals surface area contributed by atoms with E-state index in [1.165, 1.54) is 0 Å². The van der Waals surface area contributed by atoms with Crippen LogP contribution in [0.5, 0.6) is 11.5 Å². The number of hydrogen-bond donors (Lipinski definition) is 2. The fourth-order valence-electron chi connectivity index (χ4n) is 3.07. The first kappa shape index (κ1) is 21.9. The quantitative estimate of drug-likeness (QED) is 0.568. The zero-order chi connectivity index (χ0) is 22.4. The van der Waals surface area contributed by atoms with E-state index in [0.29, 0.717) is 22.7 Å². The minimum atomic E-state index is -0.736. The van der Waals surface area contributed by atoms with Crippen molar-refractivity contribution in [3.05, 3.63) is 83.4 Å². The molecule has 2 N–H and O–H groups in total. The van der Waals surface area contributed by atoms with E-state index in [0.717, 1.165) is 16.8 Å². The van der Waals surface area contributed by atoms with Crippen LogP contribution < -0.4 is 20.1 Å². The van der Waals surface area contributed by atoms with Crippen LogP contribution in [0.1, 0.15) is 28.4 Å². The van der Waals surface area contributed by atoms with Gasteiger partial charge in [0, 0.05) is 11.3 Å². The summed E-state index contributed by atoms with van der Waals surface area (Å²) in [4.78, 5) is 25.0. The van der Waals surface area contributed by atoms with Crippen LogP contribution in [0.4, 0.5) is 11.4 Å². The van der Waals surface area contributed by atoms with Gasteiger partial charge in [0.15, 0.2) is 6.10 Å². The van der Waals surface area contributed by atoms with E-state index in [1.807, 2.05) is 44.2 Å². The van der Waals surface area contributed by atoms with Crippen molar-refractivity contribution in [2.75, 3.05) is 17.7 Å². The Hall–Kier alpha value is -3.80. The van der Waals surface area contributed by atoms with Crippen LogP contribution in [0, 0.1) is 13.8 Å². The zero-order valence-electron chi connectivity index (χ0n) is 18.1. The standard InChI is InChI=1S/C25H26N2O4/c1-16-9-14-21(17(2)15-16)26-25(29)19-10-12-20(13-11-19)31-18(3)24(28)27-22-7-5-6-8-23(22)30-4/h5-15,18H,1-4H3,(H,26,29)(H,27,28)/t18-/m1/s1. The summed E-state index contributed by atoms with van der Waals surface area (Å²) in [6, 6.07) is 19.7. The van der Waals surface area contributed by atoms with Crippen LogP contribution in [0.2, 0.25) is 0 Å². The number of benzene rings is 3. The van der Waals surface area contributed by atoms with Gasteiger partial charge in [0.1, 0.15) is 11.5 Å². The van der Waals surface area contributed by atoms with Crippen molar-refractivity contribution in [3.8, 4) is 11.5 Å². The lowest BCUT2D eigenvalue weighted by Crippen LogP contribution is -2.30. The number of rotatable bonds is 7. The van der Waals surface area contributed by atoms with Crippen molar-refractivity contribution < 1.29 is 19.1 Å². The third-order valence-electron chi connectivity index (χ3n) is 4.79. The van der Waals surface area contributed by atoms with Crippen molar-refractivity contribution in [3.63, 3.8) is 0 Å². The highest BCUT2D eigenvalue weighted by atomic mass is 16.5. The molecule has 0 heterocycles. The highest BCUT2D eigenvalue weighted by Crippen LogP contribution is 2.24. The number of anilines is 2. The van der Waals surface area contributed by atoms with Gasteiger partial charge >= 0.3 is 0 Å². The zero-order valence-corrected chi connectivity index (χ0v) is 18.1. The van der Waals surface area contributed by atoms with Crippen LogP contribution >= 0.6 is 0 Å². The van der Waals surface area contributed by atoms with E-state index in [4.69, 9.17) is 9.47 Å². The fraction of sp³-hybridized carbons (Fsp3) is 0.200. The predicted molar refractivity (Wildman–Crippen MR) is 122 cm³/mol. The van der Waals surface area contributed by atoms with Crippen LogP contribution in [0.25, 0.3) is 0 Å². The van der Waals surface area contributed by atoms with Crippen LogP contribution in [-0.2, 0) is 4.79 Å². The lowest BCUT2D eigenvalue weighted by atomic mass is 10.1. The van der Waals surface area contributed by atoms with E-state index in [9.17, 15) is 9.59 Å². The van der Waals surface area contributed by atoms with Crippen molar-refractivity contribution in [1.82, 2.24) is 0 Å². The van der Waals surface area contributed by atoms with E-state index in [-0.39, 0.29) is 11.8 Å². The van der Waals surface area contributed by atoms with E-state index >= 15 is 0 Å². The van der Waals surface area contributed by atoms with E-state index < -0.39 is 6.10 Å². The van der Waals surface area contributed by atoms with Gasteiger partial charge in [-0.2, -0.15) is 0 Å². The second-order valence-corrected chi connectivity index (χ2v) is 7.25. The van der Waals surface area contributed by atoms with Crippen molar-refractivity contribution >= 4 is 23.2 Å². The third kappa shape index (κ3) is 5.63. The first-order valence-electron chi connectivity index (χ1n) is 9.96. The number of nitrogens with one attached hydrogen (secondary N) is 2. The Labute approximate surface area is 182 Å². The predicted octanol–water partition coefficient (Wildman–Crippen LogP) is 4.97. The molecule has 6 heteroatoms. The van der Waals surface area contributed by atoms with Crippen LogP contribution in [0.3, 0.4) is 0 Å². The molecule has 0 aliphatic heterocycles. The van der Waals surface area contributed by atoms with E-state index in [1.54, 1.807) is 50.4 Å². The summed E-state index contributed by atoms with van der Waals surface area (Å²) in [6.45, 7) is 5.62. The van der Waals surface area contributed by atoms with Gasteiger partial charge in [0.05, 0.1) is 12.8 Å². The molecular formula is C25H26N2O4. The van der Waals surface area contributed by atoms with E-state index in [2.05, 4.69) is 10.6 Å². The molecule has 1 atom stereocenters. The molecule has 0 saturated carbocycles. The van der Waals surface area contributed by atoms with Gasteiger partial charge in [-0.1, -0.05) is 29.8 Å². The van der Waals surface area contributed by atoms with Crippen LogP contribution in [0.15, 0.2) is 66.7 Å². The van der Waals surface area contributed by atoms with Gasteiger partial charge < -0.3 is 20.1 Å². The summed E-state index contributed by atoms with van der Waals surface area (Å²) in [5.74, 6) is 0.551. The van der Waals surface area contributed by atoms with Crippen molar-refractivity contribution in [2.24, 2.45) is 0 Å². The van der Waals surface area contributed by atoms with Gasteiger partial charge in [0.25, 0.3) is 11.8 Å². The molecule has 3 aromatic rings. The average molecular weight is 418 g/mol. The number of ether oxygens (including phenoxy) is 2. The molecule has 0 unspecified atom stereocenters. The number of carbonyl (C=O) groups excluding carboxylic acids is 2. The number of aryl methyl sites for hydroxylation is 2. The SMILES string of the molecule is COc1ccccc1NC(=O)[C@@H](C)Oc1ccc(C(=O)Nc2ccc(C)cc2C)cc1. The van der Waals surface area contributed by atoms with Gasteiger partial charge in [-0.15, -0.1) is 0 Å². The van der Waals surface area contributed by atoms with Gasteiger partial charge in [0.2, 0.25) is 0 Å². The molecule has 0 saturated heterocycles. The Morgan fingerprint density at radius 2 is 1.58 bits per heavy atom. The molecule has 0 aromatic heterocycles. The van der Waals surface area contributed by atoms with Gasteiger partial charge in [-0.25, -0.2) is 0 Å². The topological polar surface area (TPSA) is 76.7 Å². The molecular weight excluding hydrogens is 392 g/mol. The van der Waals surface area contributed by atoms with Crippen molar-refractivity contribution in [2.45, 2.75) is 26.9 Å². The summed E-state index contributed by atoms with van der Waals surface area (Å²) in [7, 11) is 1.54. The maximum Gasteiger partial charge on any atom is 0.265 e. The smallest absolute Gasteiger partial charge is 0.265 e. The lowest BCUT2D eigenvalue weighted by molar-refractivity contribution is -0.122. The Kier molecular flexibility index (Phi) is 6.92. The third-order valence-corrected chi connectivity index (χ3v) is 4.79. The average Bonchev–Trinajstić information content (AvgIpc) is 2.76. The second-order valence-electron chi connectivity index (χ2n) is 7.25. The normalized spacial score (nSPS) is 11.4. The highest BCUT2D eigenvalue weighted by molar-refractivity contribution is 6.04. The minimum absolute atomic E-state index is 0.208. The molecule has 160 valence electrons. The summed E-state index contributed by atoms with van der Waals surface area (Å²) in [5.41, 5.74) is 3.99. The van der Waals surface area contributed by atoms with Crippen LogP contribution in [-0.4, -0.2) is 25.0 Å². The van der Waals surface area contributed by atoms with Gasteiger partial charge in [-0.05, 0) is 68.8 Å². The molecule has 0 bridgehead atoms. The summed E-state index contributed by atoms with van der Waals surface area (Å²) < 4.78 is 11.0. The van der Waals surface area contributed by atoms with Crippen molar-refractivity contribution in [1.29, 1.82) is 0 Å². The second kappa shape index (κ2) is 9.80. The molecule has 2 amide bonds. The van der Waals surface area contributed by atoms with Gasteiger partial charge in [-0.3, -0.25) is 9.59 Å². The molecule has 0 radical (unpaired) electrons. The Morgan fingerprint density at radius 1 is 0.871 bits per heavy atom. The monoisotopic (exact) mass is 418 g/mol. The molecule has 31 heavy (non-hydrogen) atoms. The highest BCUT2D eigenvalue weighted by Gasteiger charge is 2.17. The minimum Gasteiger partial charge on any atom is -0.495 e. The molecule has 3 rings (SSSR count).